The molecule has 0 N–H and O–H groups in total. The largest absolute Gasteiger partial charge is 0.469 e. The predicted octanol–water partition coefficient (Wildman–Crippen LogP) is 2.41. The molecule has 2 atom stereocenters. The molecule has 0 amide bonds. The number of methoxy groups -OCH3 is 2. The van der Waals surface area contributed by atoms with E-state index in [2.05, 4.69) is 25.5 Å². The van der Waals surface area contributed by atoms with Crippen LogP contribution in [0.3, 0.4) is 0 Å². The Bertz CT molecular complexity index is 265. The van der Waals surface area contributed by atoms with E-state index in [1.165, 1.54) is 14.2 Å². The normalized spacial score (nSPS) is 14.9. The summed E-state index contributed by atoms with van der Waals surface area (Å²) in [6.45, 7) is 7.95. The van der Waals surface area contributed by atoms with Crippen molar-refractivity contribution in [3.63, 3.8) is 0 Å². The molecule has 0 saturated heterocycles. The van der Waals surface area contributed by atoms with Gasteiger partial charge in [0.1, 0.15) is 0 Å². The molecule has 0 rings (SSSR count). The fourth-order valence-corrected chi connectivity index (χ4v) is 1.89. The molecule has 0 aliphatic heterocycles. The van der Waals surface area contributed by atoms with Gasteiger partial charge >= 0.3 is 11.9 Å². The van der Waals surface area contributed by atoms with Crippen molar-refractivity contribution in [3.8, 4) is 0 Å². The molecule has 0 aliphatic rings. The maximum atomic E-state index is 11.7. The molecule has 17 heavy (non-hydrogen) atoms. The van der Waals surface area contributed by atoms with Gasteiger partial charge in [0.2, 0.25) is 0 Å². The number of ether oxygens (including phenoxy) is 2. The molecule has 0 aliphatic carbocycles. The summed E-state index contributed by atoms with van der Waals surface area (Å²) in [7, 11) is 2.73. The van der Waals surface area contributed by atoms with Crippen LogP contribution in [0.25, 0.3) is 0 Å². The monoisotopic (exact) mass is 244 g/mol. The molecule has 0 spiro atoms. The topological polar surface area (TPSA) is 52.6 Å². The zero-order chi connectivity index (χ0) is 13.6. The molecular formula is C13H24O4. The highest BCUT2D eigenvalue weighted by molar-refractivity contribution is 5.75. The van der Waals surface area contributed by atoms with Gasteiger partial charge in [0.05, 0.1) is 26.1 Å². The lowest BCUT2D eigenvalue weighted by atomic mass is 9.81. The lowest BCUT2D eigenvalue weighted by Gasteiger charge is -2.25. The van der Waals surface area contributed by atoms with Crippen LogP contribution < -0.4 is 0 Å². The number of esters is 2. The number of rotatable bonds is 5. The van der Waals surface area contributed by atoms with E-state index in [1.807, 2.05) is 0 Å². The van der Waals surface area contributed by atoms with E-state index >= 15 is 0 Å². The molecule has 0 bridgehead atoms. The van der Waals surface area contributed by atoms with Gasteiger partial charge in [-0.05, 0) is 18.3 Å². The van der Waals surface area contributed by atoms with E-state index in [0.717, 1.165) is 0 Å². The Kier molecular flexibility index (Phi) is 6.21. The summed E-state index contributed by atoms with van der Waals surface area (Å²) >= 11 is 0. The first kappa shape index (κ1) is 15.9. The van der Waals surface area contributed by atoms with Crippen molar-refractivity contribution in [2.24, 2.45) is 17.3 Å². The average molecular weight is 244 g/mol. The van der Waals surface area contributed by atoms with Gasteiger partial charge in [-0.2, -0.15) is 0 Å². The highest BCUT2D eigenvalue weighted by Gasteiger charge is 2.29. The summed E-state index contributed by atoms with van der Waals surface area (Å²) in [6.07, 6.45) is 1.16. The summed E-state index contributed by atoms with van der Waals surface area (Å²) in [6, 6.07) is 0. The zero-order valence-corrected chi connectivity index (χ0v) is 11.7. The van der Waals surface area contributed by atoms with Crippen LogP contribution in [0.2, 0.25) is 0 Å². The first-order chi connectivity index (χ1) is 7.71. The van der Waals surface area contributed by atoms with Gasteiger partial charge in [-0.25, -0.2) is 0 Å². The van der Waals surface area contributed by atoms with E-state index < -0.39 is 0 Å². The van der Waals surface area contributed by atoms with Crippen LogP contribution in [-0.4, -0.2) is 26.2 Å². The van der Waals surface area contributed by atoms with Crippen molar-refractivity contribution in [2.75, 3.05) is 14.2 Å². The zero-order valence-electron chi connectivity index (χ0n) is 11.7. The van der Waals surface area contributed by atoms with E-state index in [1.54, 1.807) is 6.92 Å². The fourth-order valence-electron chi connectivity index (χ4n) is 1.89. The summed E-state index contributed by atoms with van der Waals surface area (Å²) in [5, 5.41) is 0. The molecule has 0 saturated carbocycles. The van der Waals surface area contributed by atoms with Crippen LogP contribution in [0.15, 0.2) is 0 Å². The minimum atomic E-state index is -0.286. The number of hydrogen-bond donors (Lipinski definition) is 0. The van der Waals surface area contributed by atoms with Crippen molar-refractivity contribution in [1.82, 2.24) is 0 Å². The molecule has 0 aromatic carbocycles. The third-order valence-electron chi connectivity index (χ3n) is 2.63. The van der Waals surface area contributed by atoms with Crippen LogP contribution >= 0.6 is 0 Å². The van der Waals surface area contributed by atoms with Gasteiger partial charge in [0, 0.05) is 0 Å². The van der Waals surface area contributed by atoms with E-state index in [0.29, 0.717) is 12.8 Å². The quantitative estimate of drug-likeness (QED) is 0.697. The summed E-state index contributed by atoms with van der Waals surface area (Å²) < 4.78 is 9.45. The minimum Gasteiger partial charge on any atom is -0.469 e. The summed E-state index contributed by atoms with van der Waals surface area (Å²) in [4.78, 5) is 23.0. The lowest BCUT2D eigenvalue weighted by molar-refractivity contribution is -0.150. The number of carbonyl (C=O) groups is 2. The van der Waals surface area contributed by atoms with Gasteiger partial charge in [-0.3, -0.25) is 9.59 Å². The van der Waals surface area contributed by atoms with Crippen molar-refractivity contribution >= 4 is 11.9 Å². The maximum absolute atomic E-state index is 11.7. The van der Waals surface area contributed by atoms with Gasteiger partial charge < -0.3 is 9.47 Å². The predicted molar refractivity (Wildman–Crippen MR) is 65.4 cm³/mol. The summed E-state index contributed by atoms with van der Waals surface area (Å²) in [5.41, 5.74) is 0.0225. The third kappa shape index (κ3) is 6.29. The minimum absolute atomic E-state index is 0.0225. The smallest absolute Gasteiger partial charge is 0.308 e. The maximum Gasteiger partial charge on any atom is 0.308 e. The Hall–Kier alpha value is -1.06. The van der Waals surface area contributed by atoms with Crippen LogP contribution in [0.4, 0.5) is 0 Å². The Balaban J connectivity index is 4.60. The molecule has 0 heterocycles. The third-order valence-corrected chi connectivity index (χ3v) is 2.63. The Morgan fingerprint density at radius 1 is 1.06 bits per heavy atom. The highest BCUT2D eigenvalue weighted by atomic mass is 16.5. The molecule has 100 valence electrons. The second-order valence-corrected chi connectivity index (χ2v) is 5.64. The van der Waals surface area contributed by atoms with Crippen molar-refractivity contribution in [1.29, 1.82) is 0 Å². The second-order valence-electron chi connectivity index (χ2n) is 5.64. The lowest BCUT2D eigenvalue weighted by Crippen LogP contribution is -2.26. The molecule has 4 heteroatoms. The molecule has 0 fully saturated rings. The summed E-state index contributed by atoms with van der Waals surface area (Å²) in [5.74, 6) is -1.08. The Labute approximate surface area is 104 Å². The van der Waals surface area contributed by atoms with Gasteiger partial charge in [-0.15, -0.1) is 0 Å². The van der Waals surface area contributed by atoms with Crippen LogP contribution in [0.1, 0.15) is 40.5 Å². The molecule has 0 aromatic rings. The van der Waals surface area contributed by atoms with Gasteiger partial charge in [-0.1, -0.05) is 27.7 Å². The van der Waals surface area contributed by atoms with E-state index in [9.17, 15) is 9.59 Å². The van der Waals surface area contributed by atoms with E-state index in [-0.39, 0.29) is 29.2 Å². The molecule has 0 unspecified atom stereocenters. The van der Waals surface area contributed by atoms with Crippen molar-refractivity contribution in [3.05, 3.63) is 0 Å². The van der Waals surface area contributed by atoms with Crippen LogP contribution in [0.5, 0.6) is 0 Å². The van der Waals surface area contributed by atoms with Crippen LogP contribution in [-0.2, 0) is 19.1 Å². The Morgan fingerprint density at radius 2 is 1.53 bits per heavy atom. The van der Waals surface area contributed by atoms with Crippen molar-refractivity contribution < 1.29 is 19.1 Å². The molecule has 0 aromatic heterocycles. The molecule has 4 nitrogen and oxygen atoms in total. The second kappa shape index (κ2) is 6.62. The first-order valence-corrected chi connectivity index (χ1v) is 5.87. The number of hydrogen-bond acceptors (Lipinski definition) is 4. The van der Waals surface area contributed by atoms with Crippen LogP contribution in [0, 0.1) is 17.3 Å². The Morgan fingerprint density at radius 3 is 1.88 bits per heavy atom. The number of carbonyl (C=O) groups excluding carboxylic acids is 2. The van der Waals surface area contributed by atoms with Gasteiger partial charge in [0.25, 0.3) is 0 Å². The average Bonchev–Trinajstić information content (AvgIpc) is 2.23. The van der Waals surface area contributed by atoms with E-state index in [4.69, 9.17) is 4.74 Å². The fraction of sp³-hybridized carbons (Fsp3) is 0.846. The first-order valence-electron chi connectivity index (χ1n) is 5.87. The van der Waals surface area contributed by atoms with Crippen molar-refractivity contribution in [2.45, 2.75) is 40.5 Å². The SMILES string of the molecule is COC(=O)[C@H](C[C@H](C)C(=O)OC)CC(C)(C)C. The standard InChI is InChI=1S/C13H24O4/c1-9(11(14)16-5)7-10(12(15)17-6)8-13(2,3)4/h9-10H,7-8H2,1-6H3/t9-,10+/m0/s1. The molecule has 0 radical (unpaired) electrons. The van der Waals surface area contributed by atoms with Gasteiger partial charge in [0.15, 0.2) is 0 Å². The highest BCUT2D eigenvalue weighted by Crippen LogP contribution is 2.29. The molecular weight excluding hydrogens is 220 g/mol.